The molecule has 0 saturated heterocycles. The minimum Gasteiger partial charge on any atom is -0.465 e. The second-order valence-corrected chi connectivity index (χ2v) is 8.34. The number of terminal acetylenes is 1. The first-order valence-corrected chi connectivity index (χ1v) is 10.1. The summed E-state index contributed by atoms with van der Waals surface area (Å²) in [7, 11) is -2.60. The summed E-state index contributed by atoms with van der Waals surface area (Å²) in [6.07, 6.45) is 5.44. The Morgan fingerprint density at radius 2 is 1.96 bits per heavy atom. The number of nitrogens with zero attached hydrogens (tertiary/aromatic N) is 2. The molecule has 1 aromatic heterocycles. The van der Waals surface area contributed by atoms with Gasteiger partial charge >= 0.3 is 5.97 Å². The summed E-state index contributed by atoms with van der Waals surface area (Å²) in [6, 6.07) is 11.4. The minimum absolute atomic E-state index is 0.105. The highest BCUT2D eigenvalue weighted by Gasteiger charge is 2.15. The molecule has 0 aliphatic heterocycles. The topological polar surface area (TPSA) is 77.7 Å². The van der Waals surface area contributed by atoms with Crippen molar-refractivity contribution < 1.29 is 17.9 Å². The van der Waals surface area contributed by atoms with Crippen LogP contribution in [0.2, 0.25) is 0 Å². The molecule has 0 spiro atoms. The molecule has 0 N–H and O–H groups in total. The van der Waals surface area contributed by atoms with Crippen molar-refractivity contribution in [3.63, 3.8) is 0 Å². The van der Waals surface area contributed by atoms with Crippen LogP contribution in [0.3, 0.4) is 0 Å². The average molecular weight is 400 g/mol. The average Bonchev–Trinajstić information content (AvgIpc) is 2.97. The molecule has 6 nitrogen and oxygen atoms in total. The van der Waals surface area contributed by atoms with E-state index in [1.807, 2.05) is 6.92 Å². The number of carbonyl (C=O) groups excluding carboxylic acids is 1. The van der Waals surface area contributed by atoms with Gasteiger partial charge in [-0.15, -0.1) is 10.8 Å². The third-order valence-corrected chi connectivity index (χ3v) is 6.31. The Morgan fingerprint density at radius 3 is 2.59 bits per heavy atom. The summed E-state index contributed by atoms with van der Waals surface area (Å²) in [4.78, 5) is 12.1. The first kappa shape index (κ1) is 18.9. The Bertz CT molecular complexity index is 1230. The van der Waals surface area contributed by atoms with Crippen molar-refractivity contribution in [2.24, 2.45) is 4.40 Å². The number of rotatable bonds is 4. The van der Waals surface area contributed by atoms with Crippen molar-refractivity contribution in [1.82, 2.24) is 4.57 Å². The summed E-state index contributed by atoms with van der Waals surface area (Å²) in [6.45, 7) is 2.03. The van der Waals surface area contributed by atoms with E-state index in [2.05, 4.69) is 10.3 Å². The maximum atomic E-state index is 12.7. The highest BCUT2D eigenvalue weighted by Crippen LogP contribution is 2.21. The number of thiazole rings is 1. The van der Waals surface area contributed by atoms with E-state index in [4.69, 9.17) is 11.2 Å². The maximum Gasteiger partial charge on any atom is 0.337 e. The maximum absolute atomic E-state index is 12.7. The van der Waals surface area contributed by atoms with Gasteiger partial charge in [0.1, 0.15) is 0 Å². The van der Waals surface area contributed by atoms with Crippen molar-refractivity contribution in [1.29, 1.82) is 0 Å². The first-order chi connectivity index (χ1) is 12.9. The number of esters is 1. The number of ether oxygens (including phenoxy) is 1. The van der Waals surface area contributed by atoms with Gasteiger partial charge in [0.25, 0.3) is 10.0 Å². The van der Waals surface area contributed by atoms with Gasteiger partial charge in [-0.1, -0.05) is 35.0 Å². The fraction of sp³-hybridized carbons (Fsp3) is 0.158. The van der Waals surface area contributed by atoms with E-state index in [9.17, 15) is 13.2 Å². The zero-order valence-electron chi connectivity index (χ0n) is 14.7. The van der Waals surface area contributed by atoms with Crippen LogP contribution in [0.4, 0.5) is 0 Å². The first-order valence-electron chi connectivity index (χ1n) is 7.88. The number of aromatic nitrogens is 1. The zero-order valence-corrected chi connectivity index (χ0v) is 16.3. The van der Waals surface area contributed by atoms with Crippen LogP contribution in [0, 0.1) is 19.3 Å². The van der Waals surface area contributed by atoms with Crippen molar-refractivity contribution in [3.05, 3.63) is 58.4 Å². The number of sulfonamides is 1. The Morgan fingerprint density at radius 1 is 1.26 bits per heavy atom. The number of carbonyl (C=O) groups is 1. The van der Waals surface area contributed by atoms with Gasteiger partial charge in [-0.25, -0.2) is 4.79 Å². The number of fused-ring (bicyclic) bond motifs is 1. The van der Waals surface area contributed by atoms with Crippen LogP contribution in [-0.2, 0) is 21.3 Å². The molecule has 0 bridgehead atoms. The van der Waals surface area contributed by atoms with E-state index in [0.29, 0.717) is 15.8 Å². The van der Waals surface area contributed by atoms with E-state index in [-0.39, 0.29) is 16.2 Å². The lowest BCUT2D eigenvalue weighted by atomic mass is 10.2. The molecule has 0 saturated carbocycles. The van der Waals surface area contributed by atoms with Crippen LogP contribution < -0.4 is 4.80 Å². The monoisotopic (exact) mass is 400 g/mol. The number of benzene rings is 2. The van der Waals surface area contributed by atoms with Crippen molar-refractivity contribution in [2.75, 3.05) is 7.11 Å². The lowest BCUT2D eigenvalue weighted by Gasteiger charge is -2.02. The van der Waals surface area contributed by atoms with Gasteiger partial charge in [0.2, 0.25) is 4.80 Å². The molecule has 27 heavy (non-hydrogen) atoms. The predicted molar refractivity (Wildman–Crippen MR) is 104 cm³/mol. The van der Waals surface area contributed by atoms with Gasteiger partial charge in [-0.2, -0.15) is 8.42 Å². The Balaban J connectivity index is 2.21. The fourth-order valence-corrected chi connectivity index (χ4v) is 4.77. The highest BCUT2D eigenvalue weighted by molar-refractivity contribution is 7.90. The Labute approximate surface area is 160 Å². The van der Waals surface area contributed by atoms with E-state index in [1.165, 1.54) is 19.2 Å². The van der Waals surface area contributed by atoms with Crippen LogP contribution in [-0.4, -0.2) is 26.1 Å². The van der Waals surface area contributed by atoms with Gasteiger partial charge in [-0.05, 0) is 37.3 Å². The third kappa shape index (κ3) is 3.79. The lowest BCUT2D eigenvalue weighted by molar-refractivity contribution is 0.0601. The van der Waals surface area contributed by atoms with Gasteiger partial charge in [0, 0.05) is 0 Å². The smallest absolute Gasteiger partial charge is 0.337 e. The summed E-state index contributed by atoms with van der Waals surface area (Å²) in [5, 5.41) is 0. The molecule has 3 rings (SSSR count). The van der Waals surface area contributed by atoms with E-state index < -0.39 is 16.0 Å². The standard InChI is InChI=1S/C19H16N2O4S2/c1-4-11-21-16-10-7-14(18(22)25-3)12-17(16)26-19(21)20-27(23,24)15-8-5-13(2)6-9-15/h1,5-10,12H,11H2,2-3H3. The molecule has 0 aliphatic carbocycles. The van der Waals surface area contributed by atoms with Crippen molar-refractivity contribution in [3.8, 4) is 12.3 Å². The molecule has 0 amide bonds. The molecule has 8 heteroatoms. The Kier molecular flexibility index (Phi) is 5.17. The summed E-state index contributed by atoms with van der Waals surface area (Å²) in [5.74, 6) is 2.03. The molecule has 138 valence electrons. The molecular weight excluding hydrogens is 384 g/mol. The summed E-state index contributed by atoms with van der Waals surface area (Å²) >= 11 is 1.14. The largest absolute Gasteiger partial charge is 0.465 e. The van der Waals surface area contributed by atoms with E-state index >= 15 is 0 Å². The number of aryl methyl sites for hydroxylation is 1. The van der Waals surface area contributed by atoms with Crippen LogP contribution in [0.25, 0.3) is 10.2 Å². The molecule has 0 radical (unpaired) electrons. The molecule has 0 unspecified atom stereocenters. The SMILES string of the molecule is C#CCn1c(=NS(=O)(=O)c2ccc(C)cc2)sc2cc(C(=O)OC)ccc21. The predicted octanol–water partition coefficient (Wildman–Crippen LogP) is 2.72. The summed E-state index contributed by atoms with van der Waals surface area (Å²) in [5.41, 5.74) is 2.02. The van der Waals surface area contributed by atoms with Gasteiger partial charge < -0.3 is 9.30 Å². The number of hydrogen-bond donors (Lipinski definition) is 0. The molecule has 3 aromatic rings. The van der Waals surface area contributed by atoms with Gasteiger partial charge in [-0.3, -0.25) is 0 Å². The van der Waals surface area contributed by atoms with Crippen LogP contribution in [0.5, 0.6) is 0 Å². The highest BCUT2D eigenvalue weighted by atomic mass is 32.2. The second-order valence-electron chi connectivity index (χ2n) is 5.73. The summed E-state index contributed by atoms with van der Waals surface area (Å²) < 4.78 is 36.4. The van der Waals surface area contributed by atoms with Gasteiger partial charge in [0.15, 0.2) is 0 Å². The van der Waals surface area contributed by atoms with Crippen molar-refractivity contribution >= 4 is 37.5 Å². The number of methoxy groups -OCH3 is 1. The van der Waals surface area contributed by atoms with Gasteiger partial charge in [0.05, 0.1) is 34.3 Å². The quantitative estimate of drug-likeness (QED) is 0.498. The normalized spacial score (nSPS) is 12.1. The minimum atomic E-state index is -3.90. The molecule has 0 atom stereocenters. The molecular formula is C19H16N2O4S2. The zero-order chi connectivity index (χ0) is 19.6. The second kappa shape index (κ2) is 7.39. The third-order valence-electron chi connectivity index (χ3n) is 3.87. The van der Waals surface area contributed by atoms with Crippen LogP contribution >= 0.6 is 11.3 Å². The lowest BCUT2D eigenvalue weighted by Crippen LogP contribution is -2.16. The molecule has 0 fully saturated rings. The number of hydrogen-bond acceptors (Lipinski definition) is 5. The van der Waals surface area contributed by atoms with Crippen LogP contribution in [0.1, 0.15) is 15.9 Å². The molecule has 2 aromatic carbocycles. The van der Waals surface area contributed by atoms with Crippen LogP contribution in [0.15, 0.2) is 51.8 Å². The molecule has 1 heterocycles. The fourth-order valence-electron chi connectivity index (χ4n) is 2.50. The van der Waals surface area contributed by atoms with E-state index in [1.54, 1.807) is 34.9 Å². The van der Waals surface area contributed by atoms with E-state index in [0.717, 1.165) is 16.9 Å². The molecule has 0 aliphatic rings. The van der Waals surface area contributed by atoms with Crippen molar-refractivity contribution in [2.45, 2.75) is 18.4 Å². The Hall–Kier alpha value is -2.89.